The van der Waals surface area contributed by atoms with Crippen molar-refractivity contribution in [3.05, 3.63) is 48.3 Å². The van der Waals surface area contributed by atoms with Gasteiger partial charge in [-0.05, 0) is 12.1 Å². The molecule has 0 aliphatic heterocycles. The predicted molar refractivity (Wildman–Crippen MR) is 62.4 cm³/mol. The van der Waals surface area contributed by atoms with E-state index in [0.717, 1.165) is 12.1 Å². The Balaban J connectivity index is 0.000000165. The molecule has 1 aromatic rings. The molecule has 3 N–H and O–H groups in total. The molecule has 1 aromatic carbocycles. The van der Waals surface area contributed by atoms with Crippen molar-refractivity contribution < 1.29 is 9.50 Å². The monoisotopic (exact) mass is 222 g/mol. The molecule has 1 atom stereocenters. The van der Waals surface area contributed by atoms with Gasteiger partial charge >= 0.3 is 0 Å². The molecule has 0 spiro atoms. The van der Waals surface area contributed by atoms with Gasteiger partial charge in [0, 0.05) is 18.6 Å². The first-order chi connectivity index (χ1) is 7.72. The van der Waals surface area contributed by atoms with Gasteiger partial charge in [0.2, 0.25) is 0 Å². The summed E-state index contributed by atoms with van der Waals surface area (Å²) in [5, 5.41) is 12.5. The van der Waals surface area contributed by atoms with Crippen LogP contribution in [0.1, 0.15) is 12.8 Å². The van der Waals surface area contributed by atoms with Crippen molar-refractivity contribution >= 4 is 5.71 Å². The van der Waals surface area contributed by atoms with Gasteiger partial charge in [-0.2, -0.15) is 5.10 Å². The fraction of sp³-hybridized carbons (Fsp3) is 0.250. The summed E-state index contributed by atoms with van der Waals surface area (Å²) in [5.74, 6) is 4.83. The topological polar surface area (TPSA) is 58.6 Å². The Morgan fingerprint density at radius 2 is 2.00 bits per heavy atom. The van der Waals surface area contributed by atoms with Crippen LogP contribution >= 0.6 is 0 Å². The SMILES string of the molecule is Fc1ccccc1.NN=C1CC=CC(O)C1. The number of aliphatic hydroxyl groups excluding tert-OH is 1. The quantitative estimate of drug-likeness (QED) is 0.400. The smallest absolute Gasteiger partial charge is 0.123 e. The van der Waals surface area contributed by atoms with Crippen LogP contribution in [0.5, 0.6) is 0 Å². The van der Waals surface area contributed by atoms with E-state index >= 15 is 0 Å². The highest BCUT2D eigenvalue weighted by Crippen LogP contribution is 2.06. The Kier molecular flexibility index (Phi) is 5.22. The molecule has 0 radical (unpaired) electrons. The fourth-order valence-electron chi connectivity index (χ4n) is 1.27. The molecular weight excluding hydrogens is 207 g/mol. The lowest BCUT2D eigenvalue weighted by Crippen LogP contribution is -2.15. The third kappa shape index (κ3) is 4.70. The number of benzene rings is 1. The fourth-order valence-corrected chi connectivity index (χ4v) is 1.27. The van der Waals surface area contributed by atoms with E-state index < -0.39 is 0 Å². The Hall–Kier alpha value is -1.68. The second-order valence-electron chi connectivity index (χ2n) is 3.39. The highest BCUT2D eigenvalue weighted by molar-refractivity contribution is 5.87. The van der Waals surface area contributed by atoms with Crippen molar-refractivity contribution in [1.82, 2.24) is 0 Å². The lowest BCUT2D eigenvalue weighted by atomic mass is 10.0. The molecule has 1 aliphatic rings. The van der Waals surface area contributed by atoms with Crippen LogP contribution in [0.4, 0.5) is 4.39 Å². The largest absolute Gasteiger partial charge is 0.389 e. The van der Waals surface area contributed by atoms with Crippen LogP contribution in [0.2, 0.25) is 0 Å². The standard InChI is InChI=1S/C6H5F.C6H10N2O/c7-6-4-2-1-3-5-6;7-8-5-2-1-3-6(9)4-5/h1-5H;1,3,6,9H,2,4,7H2. The molecule has 0 fully saturated rings. The first-order valence-electron chi connectivity index (χ1n) is 5.03. The number of hydrogen-bond donors (Lipinski definition) is 2. The van der Waals surface area contributed by atoms with Gasteiger partial charge in [-0.25, -0.2) is 4.39 Å². The normalized spacial score (nSPS) is 21.4. The van der Waals surface area contributed by atoms with Gasteiger partial charge in [0.25, 0.3) is 0 Å². The summed E-state index contributed by atoms with van der Waals surface area (Å²) in [7, 11) is 0. The van der Waals surface area contributed by atoms with Crippen molar-refractivity contribution in [3.8, 4) is 0 Å². The van der Waals surface area contributed by atoms with Gasteiger partial charge in [0.1, 0.15) is 5.82 Å². The number of nitrogens with zero attached hydrogens (tertiary/aromatic N) is 1. The van der Waals surface area contributed by atoms with Crippen molar-refractivity contribution in [2.24, 2.45) is 10.9 Å². The van der Waals surface area contributed by atoms with Crippen LogP contribution in [0.15, 0.2) is 47.6 Å². The number of nitrogens with two attached hydrogens (primary N) is 1. The van der Waals surface area contributed by atoms with Gasteiger partial charge in [0.15, 0.2) is 0 Å². The Morgan fingerprint density at radius 3 is 2.38 bits per heavy atom. The zero-order valence-corrected chi connectivity index (χ0v) is 8.88. The minimum Gasteiger partial charge on any atom is -0.389 e. The minimum absolute atomic E-state index is 0.178. The van der Waals surface area contributed by atoms with Crippen molar-refractivity contribution in [2.75, 3.05) is 0 Å². The molecule has 0 aromatic heterocycles. The number of allylic oxidation sites excluding steroid dienone is 1. The number of hydrazone groups is 1. The van der Waals surface area contributed by atoms with E-state index in [1.807, 2.05) is 6.08 Å². The van der Waals surface area contributed by atoms with E-state index in [-0.39, 0.29) is 11.9 Å². The molecule has 4 heteroatoms. The molecule has 1 aliphatic carbocycles. The van der Waals surface area contributed by atoms with E-state index in [4.69, 9.17) is 10.9 Å². The number of hydrogen-bond acceptors (Lipinski definition) is 3. The summed E-state index contributed by atoms with van der Waals surface area (Å²) < 4.78 is 11.9. The molecule has 0 amide bonds. The molecule has 2 rings (SSSR count). The van der Waals surface area contributed by atoms with Crippen LogP contribution in [-0.2, 0) is 0 Å². The van der Waals surface area contributed by atoms with E-state index in [1.54, 1.807) is 24.3 Å². The number of aliphatic hydroxyl groups is 1. The molecule has 16 heavy (non-hydrogen) atoms. The lowest BCUT2D eigenvalue weighted by molar-refractivity contribution is 0.229. The second-order valence-corrected chi connectivity index (χ2v) is 3.39. The van der Waals surface area contributed by atoms with Gasteiger partial charge in [-0.1, -0.05) is 30.4 Å². The summed E-state index contributed by atoms with van der Waals surface area (Å²) in [5.41, 5.74) is 0.866. The average Bonchev–Trinajstić information content (AvgIpc) is 2.31. The Labute approximate surface area is 94.1 Å². The van der Waals surface area contributed by atoms with Crippen LogP contribution in [0.3, 0.4) is 0 Å². The lowest BCUT2D eigenvalue weighted by Gasteiger charge is -2.10. The minimum atomic E-state index is -0.374. The second kappa shape index (κ2) is 6.74. The molecule has 3 nitrogen and oxygen atoms in total. The summed E-state index contributed by atoms with van der Waals surface area (Å²) in [6.07, 6.45) is 4.63. The van der Waals surface area contributed by atoms with Gasteiger partial charge in [-0.15, -0.1) is 0 Å². The average molecular weight is 222 g/mol. The first kappa shape index (κ1) is 12.4. The maximum absolute atomic E-state index is 11.9. The zero-order chi connectivity index (χ0) is 11.8. The van der Waals surface area contributed by atoms with E-state index in [2.05, 4.69) is 5.10 Å². The van der Waals surface area contributed by atoms with Crippen molar-refractivity contribution in [1.29, 1.82) is 0 Å². The molecule has 0 saturated heterocycles. The third-order valence-electron chi connectivity index (χ3n) is 2.07. The summed E-state index contributed by atoms with van der Waals surface area (Å²) in [6.45, 7) is 0. The summed E-state index contributed by atoms with van der Waals surface area (Å²) >= 11 is 0. The zero-order valence-electron chi connectivity index (χ0n) is 8.88. The maximum atomic E-state index is 11.9. The summed E-state index contributed by atoms with van der Waals surface area (Å²) in [6, 6.07) is 7.94. The Morgan fingerprint density at radius 1 is 1.31 bits per heavy atom. The van der Waals surface area contributed by atoms with Crippen molar-refractivity contribution in [2.45, 2.75) is 18.9 Å². The summed E-state index contributed by atoms with van der Waals surface area (Å²) in [4.78, 5) is 0. The van der Waals surface area contributed by atoms with Crippen molar-refractivity contribution in [3.63, 3.8) is 0 Å². The number of rotatable bonds is 0. The molecule has 0 saturated carbocycles. The highest BCUT2D eigenvalue weighted by Gasteiger charge is 2.08. The van der Waals surface area contributed by atoms with E-state index in [9.17, 15) is 4.39 Å². The molecule has 0 bridgehead atoms. The molecule has 0 heterocycles. The van der Waals surface area contributed by atoms with E-state index in [1.165, 1.54) is 12.1 Å². The number of halogens is 1. The van der Waals surface area contributed by atoms with Gasteiger partial charge < -0.3 is 10.9 Å². The third-order valence-corrected chi connectivity index (χ3v) is 2.07. The van der Waals surface area contributed by atoms with Crippen LogP contribution in [-0.4, -0.2) is 16.9 Å². The highest BCUT2D eigenvalue weighted by atomic mass is 19.1. The van der Waals surface area contributed by atoms with Crippen LogP contribution in [0, 0.1) is 5.82 Å². The van der Waals surface area contributed by atoms with E-state index in [0.29, 0.717) is 6.42 Å². The molecular formula is C12H15FN2O. The van der Waals surface area contributed by atoms with Gasteiger partial charge in [0.05, 0.1) is 6.10 Å². The molecule has 86 valence electrons. The maximum Gasteiger partial charge on any atom is 0.123 e. The predicted octanol–water partition coefficient (Wildman–Crippen LogP) is 1.84. The molecule has 1 unspecified atom stereocenters. The van der Waals surface area contributed by atoms with Crippen LogP contribution < -0.4 is 5.84 Å². The Bertz CT molecular complexity index is 363. The first-order valence-corrected chi connectivity index (χ1v) is 5.03. The van der Waals surface area contributed by atoms with Crippen LogP contribution in [0.25, 0.3) is 0 Å². The van der Waals surface area contributed by atoms with Gasteiger partial charge in [-0.3, -0.25) is 0 Å².